The van der Waals surface area contributed by atoms with Gasteiger partial charge in [0, 0.05) is 14.2 Å². The van der Waals surface area contributed by atoms with Crippen LogP contribution >= 0.6 is 0 Å². The van der Waals surface area contributed by atoms with E-state index in [0.717, 1.165) is 22.1 Å². The van der Waals surface area contributed by atoms with Gasteiger partial charge in [-0.3, -0.25) is 0 Å². The number of hydrogen-bond donors (Lipinski definition) is 0. The van der Waals surface area contributed by atoms with Gasteiger partial charge in [-0.15, -0.1) is 0 Å². The predicted octanol–water partition coefficient (Wildman–Crippen LogP) is 0.429. The molecule has 0 spiro atoms. The van der Waals surface area contributed by atoms with Gasteiger partial charge in [0.1, 0.15) is 25.3 Å². The molecule has 0 aliphatic rings. The maximum Gasteiger partial charge on any atom is 0.137 e. The molecule has 0 amide bonds. The highest BCUT2D eigenvalue weighted by molar-refractivity contribution is 4.69. The minimum absolute atomic E-state index is 0.141. The lowest BCUT2D eigenvalue weighted by Gasteiger charge is -2.35. The molecule has 4 nitrogen and oxygen atoms in total. The third-order valence-electron chi connectivity index (χ3n) is 2.48. The van der Waals surface area contributed by atoms with Crippen LogP contribution in [0.1, 0.15) is 0 Å². The van der Waals surface area contributed by atoms with Crippen molar-refractivity contribution in [2.75, 3.05) is 69.6 Å². The lowest BCUT2D eigenvalue weighted by molar-refractivity contribution is -0.882. The summed E-state index contributed by atoms with van der Waals surface area (Å²) in [7, 11) is 16.6. The van der Waals surface area contributed by atoms with E-state index in [4.69, 9.17) is 9.47 Å². The average Bonchev–Trinajstić information content (AvgIpc) is 2.07. The van der Waals surface area contributed by atoms with Crippen molar-refractivity contribution in [2.24, 2.45) is 0 Å². The summed E-state index contributed by atoms with van der Waals surface area (Å²) < 4.78 is 12.9. The number of likely N-dealkylation sites (N-methyl/N-ethyl adjacent to an activating group) is 2. The van der Waals surface area contributed by atoms with Crippen LogP contribution in [-0.4, -0.2) is 90.8 Å². The van der Waals surface area contributed by atoms with Crippen molar-refractivity contribution in [1.29, 1.82) is 0 Å². The molecule has 2 unspecified atom stereocenters. The topological polar surface area (TPSA) is 18.5 Å². The molecular formula is C12H30N2O2+2. The van der Waals surface area contributed by atoms with Gasteiger partial charge in [-0.1, -0.05) is 0 Å². The predicted molar refractivity (Wildman–Crippen MR) is 67.4 cm³/mol. The van der Waals surface area contributed by atoms with E-state index >= 15 is 0 Å². The van der Waals surface area contributed by atoms with Crippen LogP contribution in [0.5, 0.6) is 0 Å². The summed E-state index contributed by atoms with van der Waals surface area (Å²) in [4.78, 5) is 0. The molecule has 0 N–H and O–H groups in total. The molecule has 0 radical (unpaired) electrons. The van der Waals surface area contributed by atoms with Gasteiger partial charge in [0.15, 0.2) is 0 Å². The Morgan fingerprint density at radius 2 is 0.938 bits per heavy atom. The fourth-order valence-corrected chi connectivity index (χ4v) is 1.77. The van der Waals surface area contributed by atoms with Crippen LogP contribution in [0.15, 0.2) is 0 Å². The molecule has 0 aliphatic heterocycles. The maximum absolute atomic E-state index is 5.57. The smallest absolute Gasteiger partial charge is 0.137 e. The van der Waals surface area contributed by atoms with E-state index < -0.39 is 0 Å². The third kappa shape index (κ3) is 7.17. The molecule has 0 saturated heterocycles. The minimum atomic E-state index is 0.141. The lowest BCUT2D eigenvalue weighted by Crippen LogP contribution is -2.53. The van der Waals surface area contributed by atoms with Crippen molar-refractivity contribution in [1.82, 2.24) is 0 Å². The van der Waals surface area contributed by atoms with Crippen LogP contribution in [-0.2, 0) is 9.47 Å². The van der Waals surface area contributed by atoms with E-state index in [-0.39, 0.29) is 12.2 Å². The fraction of sp³-hybridized carbons (Fsp3) is 1.00. The second kappa shape index (κ2) is 5.96. The standard InChI is InChI=1S/C12H30N2O2/c1-13(2,3)9-11(15-7)12(16-8)10-14(4,5)6/h11-12H,9-10H2,1-8H3/q+2. The van der Waals surface area contributed by atoms with Crippen LogP contribution in [0.3, 0.4) is 0 Å². The van der Waals surface area contributed by atoms with Gasteiger partial charge in [0.2, 0.25) is 0 Å². The van der Waals surface area contributed by atoms with Crippen molar-refractivity contribution >= 4 is 0 Å². The van der Waals surface area contributed by atoms with Gasteiger partial charge in [0.25, 0.3) is 0 Å². The van der Waals surface area contributed by atoms with Crippen LogP contribution in [0.4, 0.5) is 0 Å². The number of ether oxygens (including phenoxy) is 2. The van der Waals surface area contributed by atoms with Gasteiger partial charge < -0.3 is 18.4 Å². The van der Waals surface area contributed by atoms with Gasteiger partial charge >= 0.3 is 0 Å². The highest BCUT2D eigenvalue weighted by atomic mass is 16.5. The summed E-state index contributed by atoms with van der Waals surface area (Å²) in [6.45, 7) is 1.91. The van der Waals surface area contributed by atoms with Gasteiger partial charge in [-0.2, -0.15) is 0 Å². The van der Waals surface area contributed by atoms with E-state index in [2.05, 4.69) is 42.3 Å². The van der Waals surface area contributed by atoms with Gasteiger partial charge in [-0.25, -0.2) is 0 Å². The monoisotopic (exact) mass is 234 g/mol. The van der Waals surface area contributed by atoms with Gasteiger partial charge in [-0.05, 0) is 0 Å². The zero-order chi connectivity index (χ0) is 13.0. The SMILES string of the molecule is COC(C[N+](C)(C)C)C(C[N+](C)(C)C)OC. The molecule has 0 aromatic heterocycles. The zero-order valence-electron chi connectivity index (χ0n) is 12.3. The summed E-state index contributed by atoms with van der Waals surface area (Å²) in [6, 6.07) is 0. The number of methoxy groups -OCH3 is 2. The second-order valence-electron chi connectivity index (χ2n) is 6.49. The van der Waals surface area contributed by atoms with E-state index in [0.29, 0.717) is 0 Å². The summed E-state index contributed by atoms with van der Waals surface area (Å²) in [5.41, 5.74) is 0. The lowest BCUT2D eigenvalue weighted by atomic mass is 10.1. The summed E-state index contributed by atoms with van der Waals surface area (Å²) in [5.74, 6) is 0. The Balaban J connectivity index is 4.51. The van der Waals surface area contributed by atoms with Crippen LogP contribution < -0.4 is 0 Å². The Labute approximate surface area is 101 Å². The molecule has 98 valence electrons. The first-order valence-corrected chi connectivity index (χ1v) is 5.75. The zero-order valence-corrected chi connectivity index (χ0v) is 12.3. The normalized spacial score (nSPS) is 17.2. The first kappa shape index (κ1) is 15.8. The Kier molecular flexibility index (Phi) is 5.90. The molecule has 0 fully saturated rings. The first-order chi connectivity index (χ1) is 7.09. The molecule has 0 bridgehead atoms. The molecule has 0 aromatic rings. The molecule has 0 aliphatic carbocycles. The molecule has 0 heterocycles. The molecule has 0 rings (SSSR count). The third-order valence-corrected chi connectivity index (χ3v) is 2.48. The first-order valence-electron chi connectivity index (χ1n) is 5.75. The number of nitrogens with zero attached hydrogens (tertiary/aromatic N) is 2. The van der Waals surface area contributed by atoms with Crippen LogP contribution in [0.2, 0.25) is 0 Å². The van der Waals surface area contributed by atoms with Crippen molar-refractivity contribution in [3.63, 3.8) is 0 Å². The Bertz CT molecular complexity index is 172. The highest BCUT2D eigenvalue weighted by Crippen LogP contribution is 2.10. The number of hydrogen-bond acceptors (Lipinski definition) is 2. The Morgan fingerprint density at radius 1 is 0.688 bits per heavy atom. The second-order valence-corrected chi connectivity index (χ2v) is 6.49. The Morgan fingerprint density at radius 3 is 1.06 bits per heavy atom. The molecule has 16 heavy (non-hydrogen) atoms. The average molecular weight is 234 g/mol. The molecule has 4 heteroatoms. The highest BCUT2D eigenvalue weighted by Gasteiger charge is 2.31. The van der Waals surface area contributed by atoms with Gasteiger partial charge in [0.05, 0.1) is 42.3 Å². The summed E-state index contributed by atoms with van der Waals surface area (Å²) >= 11 is 0. The van der Waals surface area contributed by atoms with Crippen molar-refractivity contribution < 1.29 is 18.4 Å². The molecule has 2 atom stereocenters. The number of rotatable bonds is 7. The molecular weight excluding hydrogens is 204 g/mol. The van der Waals surface area contributed by atoms with E-state index in [1.165, 1.54) is 0 Å². The summed E-state index contributed by atoms with van der Waals surface area (Å²) in [5, 5.41) is 0. The maximum atomic E-state index is 5.57. The fourth-order valence-electron chi connectivity index (χ4n) is 1.77. The van der Waals surface area contributed by atoms with Crippen molar-refractivity contribution in [2.45, 2.75) is 12.2 Å². The van der Waals surface area contributed by atoms with Crippen LogP contribution in [0.25, 0.3) is 0 Å². The largest absolute Gasteiger partial charge is 0.373 e. The molecule has 0 saturated carbocycles. The van der Waals surface area contributed by atoms with Crippen molar-refractivity contribution in [3.8, 4) is 0 Å². The van der Waals surface area contributed by atoms with Crippen molar-refractivity contribution in [3.05, 3.63) is 0 Å². The van der Waals surface area contributed by atoms with E-state index in [1.54, 1.807) is 14.2 Å². The minimum Gasteiger partial charge on any atom is -0.373 e. The van der Waals surface area contributed by atoms with E-state index in [9.17, 15) is 0 Å². The van der Waals surface area contributed by atoms with E-state index in [1.807, 2.05) is 0 Å². The quantitative estimate of drug-likeness (QED) is 0.595. The Hall–Kier alpha value is -0.160. The van der Waals surface area contributed by atoms with Crippen LogP contribution in [0, 0.1) is 0 Å². The summed E-state index contributed by atoms with van der Waals surface area (Å²) in [6.07, 6.45) is 0.282. The number of quaternary nitrogens is 2. The molecule has 0 aromatic carbocycles.